The van der Waals surface area contributed by atoms with Crippen molar-refractivity contribution in [2.24, 2.45) is 0 Å². The number of hydrogen-bond acceptors (Lipinski definition) is 6. The number of ether oxygens (including phenoxy) is 3. The van der Waals surface area contributed by atoms with Crippen molar-refractivity contribution in [3.05, 3.63) is 52.2 Å². The highest BCUT2D eigenvalue weighted by molar-refractivity contribution is 7.08. The maximum absolute atomic E-state index is 13.1. The maximum atomic E-state index is 13.1. The molecule has 150 valence electrons. The first-order valence-corrected chi connectivity index (χ1v) is 9.71. The number of thiophene rings is 1. The van der Waals surface area contributed by atoms with E-state index < -0.39 is 36.0 Å². The van der Waals surface area contributed by atoms with Crippen molar-refractivity contribution in [3.8, 4) is 5.75 Å². The summed E-state index contributed by atoms with van der Waals surface area (Å²) in [6.07, 6.45) is -2.74. The number of benzene rings is 1. The van der Waals surface area contributed by atoms with Crippen molar-refractivity contribution in [3.63, 3.8) is 0 Å². The van der Waals surface area contributed by atoms with Gasteiger partial charge >= 0.3 is 12.1 Å². The number of carbonyl (C=O) groups is 2. The molecule has 1 aliphatic heterocycles. The number of carbonyl (C=O) groups excluding carboxylic acids is 1. The highest BCUT2D eigenvalue weighted by Gasteiger charge is 2.51. The Labute approximate surface area is 167 Å². The molecule has 7 nitrogen and oxygen atoms in total. The highest BCUT2D eigenvalue weighted by Crippen LogP contribution is 2.44. The largest absolute Gasteiger partial charge is 0.497 e. The third kappa shape index (κ3) is 4.13. The van der Waals surface area contributed by atoms with Gasteiger partial charge in [-0.25, -0.2) is 9.59 Å². The van der Waals surface area contributed by atoms with Crippen LogP contribution in [-0.2, 0) is 14.3 Å². The summed E-state index contributed by atoms with van der Waals surface area (Å²) in [7, 11) is 1.56. The Morgan fingerprint density at radius 1 is 1.14 bits per heavy atom. The van der Waals surface area contributed by atoms with Gasteiger partial charge in [0.25, 0.3) is 0 Å². The summed E-state index contributed by atoms with van der Waals surface area (Å²) in [5.41, 5.74) is 0.595. The standard InChI is InChI=1S/C20H23NO6S/c1-20(2,3)27-19(24)21-15(13-9-10-28-11-13)16(18(22)23)26-17(21)12-5-7-14(25-4)8-6-12/h5-11,15-17H,1-4H3,(H,22,23)/t15-,16+,17?/m0/s1. The van der Waals surface area contributed by atoms with Crippen molar-refractivity contribution < 1.29 is 28.9 Å². The number of hydrogen-bond donors (Lipinski definition) is 1. The number of carboxylic acid groups (broad SMARTS) is 1. The number of nitrogens with zero attached hydrogens (tertiary/aromatic N) is 1. The van der Waals surface area contributed by atoms with Crippen LogP contribution in [0.25, 0.3) is 0 Å². The lowest BCUT2D eigenvalue weighted by Gasteiger charge is -2.31. The van der Waals surface area contributed by atoms with E-state index in [1.54, 1.807) is 58.2 Å². The Balaban J connectivity index is 2.05. The highest BCUT2D eigenvalue weighted by atomic mass is 32.1. The molecule has 0 saturated carbocycles. The molecular weight excluding hydrogens is 382 g/mol. The van der Waals surface area contributed by atoms with Gasteiger partial charge in [0.15, 0.2) is 12.3 Å². The van der Waals surface area contributed by atoms with Crippen LogP contribution in [0.2, 0.25) is 0 Å². The van der Waals surface area contributed by atoms with Gasteiger partial charge in [-0.05, 0) is 55.3 Å². The Kier molecular flexibility index (Phi) is 5.62. The lowest BCUT2D eigenvalue weighted by molar-refractivity contribution is -0.150. The molecule has 8 heteroatoms. The van der Waals surface area contributed by atoms with Gasteiger partial charge in [-0.2, -0.15) is 11.3 Å². The topological polar surface area (TPSA) is 85.3 Å². The Morgan fingerprint density at radius 3 is 2.32 bits per heavy atom. The first-order valence-electron chi connectivity index (χ1n) is 8.77. The molecule has 2 heterocycles. The monoisotopic (exact) mass is 405 g/mol. The van der Waals surface area contributed by atoms with Crippen molar-refractivity contribution in [2.75, 3.05) is 7.11 Å². The van der Waals surface area contributed by atoms with E-state index in [4.69, 9.17) is 14.2 Å². The number of rotatable bonds is 4. The first kappa shape index (κ1) is 20.2. The zero-order valence-corrected chi connectivity index (χ0v) is 16.9. The van der Waals surface area contributed by atoms with Gasteiger partial charge in [-0.15, -0.1) is 0 Å². The fourth-order valence-electron chi connectivity index (χ4n) is 3.07. The second kappa shape index (κ2) is 7.81. The molecule has 1 aromatic heterocycles. The molecule has 1 aromatic carbocycles. The fraction of sp³-hybridized carbons (Fsp3) is 0.400. The first-order chi connectivity index (χ1) is 13.2. The van der Waals surface area contributed by atoms with Crippen LogP contribution in [-0.4, -0.2) is 40.9 Å². The van der Waals surface area contributed by atoms with Gasteiger partial charge in [0.2, 0.25) is 0 Å². The van der Waals surface area contributed by atoms with Crippen LogP contribution in [0, 0.1) is 0 Å². The van der Waals surface area contributed by atoms with E-state index in [1.165, 1.54) is 16.2 Å². The minimum Gasteiger partial charge on any atom is -0.497 e. The molecule has 1 amide bonds. The SMILES string of the molecule is COc1ccc(C2O[C@@H](C(=O)O)[C@H](c3ccsc3)N2C(=O)OC(C)(C)C)cc1. The minimum absolute atomic E-state index is 0.631. The summed E-state index contributed by atoms with van der Waals surface area (Å²) in [5, 5.41) is 13.4. The average molecular weight is 405 g/mol. The van der Waals surface area contributed by atoms with Crippen LogP contribution in [0.1, 0.15) is 44.2 Å². The van der Waals surface area contributed by atoms with E-state index in [1.807, 2.05) is 10.8 Å². The van der Waals surface area contributed by atoms with Crippen LogP contribution in [0.3, 0.4) is 0 Å². The van der Waals surface area contributed by atoms with Crippen LogP contribution in [0.5, 0.6) is 5.75 Å². The van der Waals surface area contributed by atoms with Crippen LogP contribution in [0.4, 0.5) is 4.79 Å². The number of aliphatic carboxylic acids is 1. The van der Waals surface area contributed by atoms with Crippen molar-refractivity contribution in [2.45, 2.75) is 44.7 Å². The molecule has 1 unspecified atom stereocenters. The van der Waals surface area contributed by atoms with Gasteiger partial charge in [0.1, 0.15) is 17.4 Å². The summed E-state index contributed by atoms with van der Waals surface area (Å²) in [6, 6.07) is 7.96. The number of methoxy groups -OCH3 is 1. The van der Waals surface area contributed by atoms with Crippen LogP contribution in [0.15, 0.2) is 41.1 Å². The third-order valence-corrected chi connectivity index (χ3v) is 4.95. The Hall–Kier alpha value is -2.58. The van der Waals surface area contributed by atoms with Gasteiger partial charge in [0.05, 0.1) is 7.11 Å². The summed E-state index contributed by atoms with van der Waals surface area (Å²) >= 11 is 1.43. The smallest absolute Gasteiger partial charge is 0.413 e. The number of amides is 1. The lowest BCUT2D eigenvalue weighted by atomic mass is 10.0. The molecule has 1 aliphatic rings. The fourth-order valence-corrected chi connectivity index (χ4v) is 3.76. The molecule has 3 rings (SSSR count). The molecule has 0 bridgehead atoms. The zero-order chi connectivity index (χ0) is 20.5. The second-order valence-electron chi connectivity index (χ2n) is 7.41. The molecule has 0 radical (unpaired) electrons. The molecule has 1 fully saturated rings. The van der Waals surface area contributed by atoms with Gasteiger partial charge in [-0.3, -0.25) is 4.90 Å². The van der Waals surface area contributed by atoms with E-state index >= 15 is 0 Å². The Morgan fingerprint density at radius 2 is 1.82 bits per heavy atom. The zero-order valence-electron chi connectivity index (χ0n) is 16.1. The van der Waals surface area contributed by atoms with E-state index in [-0.39, 0.29) is 0 Å². The normalized spacial score (nSPS) is 22.1. The van der Waals surface area contributed by atoms with E-state index in [9.17, 15) is 14.7 Å². The quantitative estimate of drug-likeness (QED) is 0.820. The predicted octanol–water partition coefficient (Wildman–Crippen LogP) is 4.22. The molecule has 2 aromatic rings. The lowest BCUT2D eigenvalue weighted by Crippen LogP contribution is -2.40. The van der Waals surface area contributed by atoms with Crippen LogP contribution >= 0.6 is 11.3 Å². The van der Waals surface area contributed by atoms with Crippen LogP contribution < -0.4 is 4.74 Å². The Bertz CT molecular complexity index is 827. The van der Waals surface area contributed by atoms with E-state index in [0.717, 1.165) is 0 Å². The summed E-state index contributed by atoms with van der Waals surface area (Å²) < 4.78 is 16.6. The molecule has 1 saturated heterocycles. The van der Waals surface area contributed by atoms with Crippen molar-refractivity contribution in [1.82, 2.24) is 4.90 Å². The molecular formula is C20H23NO6S. The molecule has 1 N–H and O–H groups in total. The molecule has 0 aliphatic carbocycles. The molecule has 0 spiro atoms. The van der Waals surface area contributed by atoms with Crippen molar-refractivity contribution in [1.29, 1.82) is 0 Å². The predicted molar refractivity (Wildman–Crippen MR) is 103 cm³/mol. The molecule has 3 atom stereocenters. The van der Waals surface area contributed by atoms with E-state index in [2.05, 4.69) is 0 Å². The average Bonchev–Trinajstić information content (AvgIpc) is 3.27. The number of carboxylic acids is 1. The second-order valence-corrected chi connectivity index (χ2v) is 8.19. The van der Waals surface area contributed by atoms with Gasteiger partial charge in [-0.1, -0.05) is 12.1 Å². The third-order valence-electron chi connectivity index (χ3n) is 4.25. The summed E-state index contributed by atoms with van der Waals surface area (Å²) in [6.45, 7) is 5.29. The molecule has 28 heavy (non-hydrogen) atoms. The summed E-state index contributed by atoms with van der Waals surface area (Å²) in [5.74, 6) is -0.490. The van der Waals surface area contributed by atoms with E-state index in [0.29, 0.717) is 16.9 Å². The van der Waals surface area contributed by atoms with Crippen molar-refractivity contribution >= 4 is 23.4 Å². The minimum atomic E-state index is -1.21. The van der Waals surface area contributed by atoms with Gasteiger partial charge in [0, 0.05) is 5.56 Å². The van der Waals surface area contributed by atoms with Gasteiger partial charge < -0.3 is 19.3 Å². The maximum Gasteiger partial charge on any atom is 0.413 e. The summed E-state index contributed by atoms with van der Waals surface area (Å²) in [4.78, 5) is 26.3.